The first kappa shape index (κ1) is 13.9. The van der Waals surface area contributed by atoms with Crippen LogP contribution < -0.4 is 15.8 Å². The second kappa shape index (κ2) is 6.61. The molecular formula is C16H18N2O2. The van der Waals surface area contributed by atoms with Crippen molar-refractivity contribution < 1.29 is 9.53 Å². The molecule has 0 radical (unpaired) electrons. The molecule has 0 saturated heterocycles. The molecule has 0 bridgehead atoms. The van der Waals surface area contributed by atoms with Crippen molar-refractivity contribution in [2.75, 3.05) is 17.7 Å². The average molecular weight is 270 g/mol. The molecule has 20 heavy (non-hydrogen) atoms. The van der Waals surface area contributed by atoms with Gasteiger partial charge in [-0.15, -0.1) is 0 Å². The molecule has 0 aliphatic carbocycles. The maximum absolute atomic E-state index is 12.0. The van der Waals surface area contributed by atoms with Gasteiger partial charge in [0.15, 0.2) is 0 Å². The van der Waals surface area contributed by atoms with Crippen molar-refractivity contribution in [3.05, 3.63) is 54.1 Å². The van der Waals surface area contributed by atoms with E-state index in [4.69, 9.17) is 10.5 Å². The molecule has 0 unspecified atom stereocenters. The third-order valence-electron chi connectivity index (χ3n) is 2.76. The van der Waals surface area contributed by atoms with Gasteiger partial charge in [0.05, 0.1) is 6.61 Å². The van der Waals surface area contributed by atoms with Gasteiger partial charge in [0.25, 0.3) is 5.91 Å². The van der Waals surface area contributed by atoms with E-state index in [1.54, 1.807) is 48.5 Å². The number of benzene rings is 2. The Hall–Kier alpha value is -2.49. The first-order chi connectivity index (χ1) is 9.69. The smallest absolute Gasteiger partial charge is 0.255 e. The molecule has 2 aromatic carbocycles. The predicted octanol–water partition coefficient (Wildman–Crippen LogP) is 3.31. The normalized spacial score (nSPS) is 10.1. The summed E-state index contributed by atoms with van der Waals surface area (Å²) >= 11 is 0. The Labute approximate surface area is 118 Å². The van der Waals surface area contributed by atoms with E-state index in [2.05, 4.69) is 12.2 Å². The molecule has 0 saturated carbocycles. The average Bonchev–Trinajstić information content (AvgIpc) is 2.48. The van der Waals surface area contributed by atoms with E-state index in [-0.39, 0.29) is 5.91 Å². The van der Waals surface area contributed by atoms with E-state index in [1.165, 1.54) is 0 Å². The zero-order valence-electron chi connectivity index (χ0n) is 11.4. The van der Waals surface area contributed by atoms with Crippen molar-refractivity contribution in [1.29, 1.82) is 0 Å². The van der Waals surface area contributed by atoms with Gasteiger partial charge < -0.3 is 15.8 Å². The van der Waals surface area contributed by atoms with Crippen molar-refractivity contribution in [3.63, 3.8) is 0 Å². The summed E-state index contributed by atoms with van der Waals surface area (Å²) in [5.74, 6) is 0.618. The molecule has 1 amide bonds. The molecule has 3 N–H and O–H groups in total. The Bertz CT molecular complexity index is 562. The number of nitrogens with one attached hydrogen (secondary N) is 1. The minimum absolute atomic E-state index is 0.156. The summed E-state index contributed by atoms with van der Waals surface area (Å²) in [6.45, 7) is 2.73. The molecule has 2 aromatic rings. The number of hydrogen-bond acceptors (Lipinski definition) is 3. The number of hydrogen-bond donors (Lipinski definition) is 2. The summed E-state index contributed by atoms with van der Waals surface area (Å²) < 4.78 is 5.48. The van der Waals surface area contributed by atoms with Crippen molar-refractivity contribution in [2.45, 2.75) is 13.3 Å². The largest absolute Gasteiger partial charge is 0.494 e. The number of amides is 1. The van der Waals surface area contributed by atoms with Gasteiger partial charge in [-0.25, -0.2) is 0 Å². The molecule has 0 aliphatic heterocycles. The van der Waals surface area contributed by atoms with Gasteiger partial charge in [0, 0.05) is 16.9 Å². The third kappa shape index (κ3) is 3.75. The van der Waals surface area contributed by atoms with Crippen LogP contribution >= 0.6 is 0 Å². The quantitative estimate of drug-likeness (QED) is 0.819. The summed E-state index contributed by atoms with van der Waals surface area (Å²) in [6.07, 6.45) is 0.958. The van der Waals surface area contributed by atoms with Gasteiger partial charge in [-0.05, 0) is 55.0 Å². The first-order valence-corrected chi connectivity index (χ1v) is 6.59. The van der Waals surface area contributed by atoms with Crippen molar-refractivity contribution >= 4 is 17.3 Å². The van der Waals surface area contributed by atoms with Crippen LogP contribution in [0.15, 0.2) is 48.5 Å². The van der Waals surface area contributed by atoms with Gasteiger partial charge in [0.2, 0.25) is 0 Å². The van der Waals surface area contributed by atoms with Crippen LogP contribution in [0.5, 0.6) is 5.75 Å². The predicted molar refractivity (Wildman–Crippen MR) is 81.0 cm³/mol. The van der Waals surface area contributed by atoms with Crippen molar-refractivity contribution in [3.8, 4) is 5.75 Å². The Balaban J connectivity index is 2.00. The van der Waals surface area contributed by atoms with Crippen molar-refractivity contribution in [2.24, 2.45) is 0 Å². The summed E-state index contributed by atoms with van der Waals surface area (Å²) in [4.78, 5) is 12.0. The summed E-state index contributed by atoms with van der Waals surface area (Å²) in [5.41, 5.74) is 7.57. The number of carbonyl (C=O) groups excluding carboxylic acids is 1. The van der Waals surface area contributed by atoms with E-state index < -0.39 is 0 Å². The number of rotatable bonds is 5. The monoisotopic (exact) mass is 270 g/mol. The lowest BCUT2D eigenvalue weighted by molar-refractivity contribution is 0.102. The van der Waals surface area contributed by atoms with Crippen LogP contribution in [-0.2, 0) is 0 Å². The maximum atomic E-state index is 12.0. The van der Waals surface area contributed by atoms with Crippen LogP contribution in [0.2, 0.25) is 0 Å². The summed E-state index contributed by atoms with van der Waals surface area (Å²) in [5, 5.41) is 2.81. The van der Waals surface area contributed by atoms with Gasteiger partial charge in [-0.2, -0.15) is 0 Å². The Kier molecular flexibility index (Phi) is 4.60. The molecule has 104 valence electrons. The highest BCUT2D eigenvalue weighted by Crippen LogP contribution is 2.15. The molecular weight excluding hydrogens is 252 g/mol. The van der Waals surface area contributed by atoms with Crippen LogP contribution in [0.25, 0.3) is 0 Å². The minimum atomic E-state index is -0.156. The fourth-order valence-corrected chi connectivity index (χ4v) is 1.69. The number of nitrogens with two attached hydrogens (primary N) is 1. The molecule has 0 atom stereocenters. The van der Waals surface area contributed by atoms with Gasteiger partial charge >= 0.3 is 0 Å². The van der Waals surface area contributed by atoms with Crippen LogP contribution in [0.1, 0.15) is 23.7 Å². The summed E-state index contributed by atoms with van der Waals surface area (Å²) in [7, 11) is 0. The van der Waals surface area contributed by atoms with Crippen LogP contribution in [0, 0.1) is 0 Å². The topological polar surface area (TPSA) is 64.3 Å². The van der Waals surface area contributed by atoms with E-state index in [0.717, 1.165) is 17.9 Å². The molecule has 0 heterocycles. The lowest BCUT2D eigenvalue weighted by atomic mass is 10.2. The fourth-order valence-electron chi connectivity index (χ4n) is 1.69. The lowest BCUT2D eigenvalue weighted by Gasteiger charge is -2.07. The van der Waals surface area contributed by atoms with Crippen LogP contribution in [0.4, 0.5) is 11.4 Å². The standard InChI is InChI=1S/C16H18N2O2/c1-2-11-20-15-9-3-12(4-10-15)16(19)18-14-7-5-13(17)6-8-14/h3-10H,2,11,17H2,1H3,(H,18,19). The number of ether oxygens (including phenoxy) is 1. The highest BCUT2D eigenvalue weighted by molar-refractivity contribution is 6.04. The number of anilines is 2. The molecule has 0 fully saturated rings. The molecule has 4 heteroatoms. The van der Waals surface area contributed by atoms with Crippen LogP contribution in [-0.4, -0.2) is 12.5 Å². The van der Waals surface area contributed by atoms with E-state index >= 15 is 0 Å². The Morgan fingerprint density at radius 2 is 1.75 bits per heavy atom. The molecule has 0 aliphatic rings. The maximum Gasteiger partial charge on any atom is 0.255 e. The fraction of sp³-hybridized carbons (Fsp3) is 0.188. The molecule has 2 rings (SSSR count). The zero-order valence-corrected chi connectivity index (χ0v) is 11.4. The second-order valence-corrected chi connectivity index (χ2v) is 4.45. The van der Waals surface area contributed by atoms with Crippen molar-refractivity contribution in [1.82, 2.24) is 0 Å². The van der Waals surface area contributed by atoms with Gasteiger partial charge in [-0.1, -0.05) is 6.92 Å². The first-order valence-electron chi connectivity index (χ1n) is 6.59. The van der Waals surface area contributed by atoms with E-state index in [1.807, 2.05) is 0 Å². The minimum Gasteiger partial charge on any atom is -0.494 e. The van der Waals surface area contributed by atoms with Gasteiger partial charge in [0.1, 0.15) is 5.75 Å². The second-order valence-electron chi connectivity index (χ2n) is 4.45. The van der Waals surface area contributed by atoms with E-state index in [9.17, 15) is 4.79 Å². The number of carbonyl (C=O) groups is 1. The highest BCUT2D eigenvalue weighted by atomic mass is 16.5. The lowest BCUT2D eigenvalue weighted by Crippen LogP contribution is -2.11. The summed E-state index contributed by atoms with van der Waals surface area (Å²) in [6, 6.07) is 14.1. The number of nitrogen functional groups attached to an aromatic ring is 1. The highest BCUT2D eigenvalue weighted by Gasteiger charge is 2.06. The molecule has 0 spiro atoms. The SMILES string of the molecule is CCCOc1ccc(C(=O)Nc2ccc(N)cc2)cc1. The Morgan fingerprint density at radius 1 is 1.10 bits per heavy atom. The van der Waals surface area contributed by atoms with E-state index in [0.29, 0.717) is 17.9 Å². The molecule has 0 aromatic heterocycles. The molecule has 4 nitrogen and oxygen atoms in total. The Morgan fingerprint density at radius 3 is 2.35 bits per heavy atom. The van der Waals surface area contributed by atoms with Crippen LogP contribution in [0.3, 0.4) is 0 Å². The third-order valence-corrected chi connectivity index (χ3v) is 2.76. The van der Waals surface area contributed by atoms with Gasteiger partial charge in [-0.3, -0.25) is 4.79 Å². The zero-order chi connectivity index (χ0) is 14.4.